The maximum atomic E-state index is 12.9. The SMILES string of the molecule is CCN(CC1CCCN(CCc2cccc(OC)c2)C1)C(=O)c1ccc(=O)n(C)n1. The van der Waals surface area contributed by atoms with E-state index in [0.717, 1.165) is 51.2 Å². The first kappa shape index (κ1) is 22.0. The molecule has 1 aromatic carbocycles. The molecule has 7 nitrogen and oxygen atoms in total. The Balaban J connectivity index is 1.56. The van der Waals surface area contributed by atoms with Gasteiger partial charge in [0.15, 0.2) is 0 Å². The molecular formula is C23H32N4O3. The van der Waals surface area contributed by atoms with Crippen LogP contribution in [0.5, 0.6) is 5.75 Å². The van der Waals surface area contributed by atoms with Gasteiger partial charge in [0, 0.05) is 39.3 Å². The highest BCUT2D eigenvalue weighted by molar-refractivity contribution is 5.92. The smallest absolute Gasteiger partial charge is 0.274 e. The normalized spacial score (nSPS) is 17.0. The van der Waals surface area contributed by atoms with E-state index in [4.69, 9.17) is 4.74 Å². The van der Waals surface area contributed by atoms with E-state index in [1.165, 1.54) is 22.4 Å². The quantitative estimate of drug-likeness (QED) is 0.665. The van der Waals surface area contributed by atoms with E-state index in [9.17, 15) is 9.59 Å². The number of nitrogens with zero attached hydrogens (tertiary/aromatic N) is 4. The largest absolute Gasteiger partial charge is 0.497 e. The third kappa shape index (κ3) is 5.69. The summed E-state index contributed by atoms with van der Waals surface area (Å²) in [6.45, 7) is 6.44. The monoisotopic (exact) mass is 412 g/mol. The van der Waals surface area contributed by atoms with Gasteiger partial charge in [-0.3, -0.25) is 9.59 Å². The molecule has 1 unspecified atom stereocenters. The Morgan fingerprint density at radius 3 is 2.87 bits per heavy atom. The molecule has 1 aliphatic rings. The van der Waals surface area contributed by atoms with E-state index < -0.39 is 0 Å². The van der Waals surface area contributed by atoms with Gasteiger partial charge in [0.2, 0.25) is 0 Å². The fraction of sp³-hybridized carbons (Fsp3) is 0.522. The van der Waals surface area contributed by atoms with E-state index in [-0.39, 0.29) is 11.5 Å². The lowest BCUT2D eigenvalue weighted by molar-refractivity contribution is 0.0682. The van der Waals surface area contributed by atoms with Gasteiger partial charge < -0.3 is 14.5 Å². The first-order valence-corrected chi connectivity index (χ1v) is 10.7. The molecule has 0 saturated carbocycles. The first-order chi connectivity index (χ1) is 14.5. The maximum absolute atomic E-state index is 12.9. The summed E-state index contributed by atoms with van der Waals surface area (Å²) in [5.74, 6) is 1.23. The average Bonchev–Trinajstić information content (AvgIpc) is 2.78. The Kier molecular flexibility index (Phi) is 7.63. The van der Waals surface area contributed by atoms with Gasteiger partial charge in [-0.15, -0.1) is 0 Å². The minimum atomic E-state index is -0.214. The highest BCUT2D eigenvalue weighted by Crippen LogP contribution is 2.20. The molecular weight excluding hydrogens is 380 g/mol. The number of piperidine rings is 1. The van der Waals surface area contributed by atoms with Crippen molar-refractivity contribution in [3.05, 3.63) is 58.0 Å². The Morgan fingerprint density at radius 2 is 2.13 bits per heavy atom. The zero-order chi connectivity index (χ0) is 21.5. The van der Waals surface area contributed by atoms with Gasteiger partial charge in [0.05, 0.1) is 7.11 Å². The van der Waals surface area contributed by atoms with E-state index in [1.54, 1.807) is 14.2 Å². The molecule has 1 aliphatic heterocycles. The van der Waals surface area contributed by atoms with Crippen LogP contribution in [0.3, 0.4) is 0 Å². The van der Waals surface area contributed by atoms with Crippen molar-refractivity contribution in [2.45, 2.75) is 26.2 Å². The number of hydrogen-bond acceptors (Lipinski definition) is 5. The number of likely N-dealkylation sites (tertiary alicyclic amines) is 1. The molecule has 0 aliphatic carbocycles. The van der Waals surface area contributed by atoms with Gasteiger partial charge in [-0.1, -0.05) is 12.1 Å². The molecule has 1 amide bonds. The van der Waals surface area contributed by atoms with Gasteiger partial charge in [-0.25, -0.2) is 4.68 Å². The average molecular weight is 413 g/mol. The minimum Gasteiger partial charge on any atom is -0.497 e. The lowest BCUT2D eigenvalue weighted by Gasteiger charge is -2.35. The van der Waals surface area contributed by atoms with Crippen molar-refractivity contribution < 1.29 is 9.53 Å². The molecule has 3 rings (SSSR count). The summed E-state index contributed by atoms with van der Waals surface area (Å²) in [5.41, 5.74) is 1.39. The number of aromatic nitrogens is 2. The number of ether oxygens (including phenoxy) is 1. The molecule has 2 aromatic rings. The summed E-state index contributed by atoms with van der Waals surface area (Å²) in [6.07, 6.45) is 3.26. The van der Waals surface area contributed by atoms with Crippen molar-refractivity contribution in [1.29, 1.82) is 0 Å². The number of hydrogen-bond donors (Lipinski definition) is 0. The summed E-state index contributed by atoms with van der Waals surface area (Å²) in [5, 5.41) is 4.12. The van der Waals surface area contributed by atoms with Crippen molar-refractivity contribution in [2.75, 3.05) is 39.8 Å². The highest BCUT2D eigenvalue weighted by Gasteiger charge is 2.25. The molecule has 0 radical (unpaired) electrons. The molecule has 2 heterocycles. The molecule has 0 bridgehead atoms. The Bertz CT molecular complexity index is 911. The molecule has 1 aromatic heterocycles. The van der Waals surface area contributed by atoms with Gasteiger partial charge in [0.25, 0.3) is 11.5 Å². The van der Waals surface area contributed by atoms with Crippen LogP contribution in [-0.4, -0.2) is 65.3 Å². The molecule has 1 fully saturated rings. The van der Waals surface area contributed by atoms with Crippen LogP contribution in [0.25, 0.3) is 0 Å². The van der Waals surface area contributed by atoms with Crippen molar-refractivity contribution in [1.82, 2.24) is 19.6 Å². The zero-order valence-corrected chi connectivity index (χ0v) is 18.2. The summed E-state index contributed by atoms with van der Waals surface area (Å²) in [6, 6.07) is 11.2. The van der Waals surface area contributed by atoms with E-state index in [0.29, 0.717) is 18.2 Å². The minimum absolute atomic E-state index is 0.110. The van der Waals surface area contributed by atoms with Crippen molar-refractivity contribution in [2.24, 2.45) is 13.0 Å². The standard InChI is InChI=1S/C23H32N4O3/c1-4-27(23(29)21-10-11-22(28)25(2)24-21)17-19-8-6-13-26(16-19)14-12-18-7-5-9-20(15-18)30-3/h5,7,9-11,15,19H,4,6,8,12-14,16-17H2,1-3H3. The summed E-state index contributed by atoms with van der Waals surface area (Å²) in [4.78, 5) is 28.8. The topological polar surface area (TPSA) is 67.7 Å². The van der Waals surface area contributed by atoms with Gasteiger partial charge in [-0.2, -0.15) is 5.10 Å². The van der Waals surface area contributed by atoms with Crippen LogP contribution in [0.15, 0.2) is 41.2 Å². The number of benzene rings is 1. The molecule has 162 valence electrons. The first-order valence-electron chi connectivity index (χ1n) is 10.7. The Morgan fingerprint density at radius 1 is 1.30 bits per heavy atom. The zero-order valence-electron chi connectivity index (χ0n) is 18.2. The molecule has 7 heteroatoms. The number of carbonyl (C=O) groups excluding carboxylic acids is 1. The molecule has 0 spiro atoms. The van der Waals surface area contributed by atoms with Crippen LogP contribution in [-0.2, 0) is 13.5 Å². The number of carbonyl (C=O) groups is 1. The molecule has 0 N–H and O–H groups in total. The number of aryl methyl sites for hydroxylation is 1. The lowest BCUT2D eigenvalue weighted by Crippen LogP contribution is -2.43. The van der Waals surface area contributed by atoms with Gasteiger partial charge in [0.1, 0.15) is 11.4 Å². The van der Waals surface area contributed by atoms with Crippen molar-refractivity contribution in [3.63, 3.8) is 0 Å². The second kappa shape index (κ2) is 10.4. The van der Waals surface area contributed by atoms with Crippen molar-refractivity contribution in [3.8, 4) is 5.75 Å². The molecule has 1 atom stereocenters. The fourth-order valence-corrected chi connectivity index (χ4v) is 4.06. The fourth-order valence-electron chi connectivity index (χ4n) is 4.06. The van der Waals surface area contributed by atoms with Crippen LogP contribution >= 0.6 is 0 Å². The van der Waals surface area contributed by atoms with Crippen LogP contribution in [0.1, 0.15) is 35.8 Å². The summed E-state index contributed by atoms with van der Waals surface area (Å²) >= 11 is 0. The third-order valence-electron chi connectivity index (χ3n) is 5.78. The highest BCUT2D eigenvalue weighted by atomic mass is 16.5. The second-order valence-electron chi connectivity index (χ2n) is 7.93. The van der Waals surface area contributed by atoms with Crippen LogP contribution in [0.2, 0.25) is 0 Å². The molecule has 30 heavy (non-hydrogen) atoms. The lowest BCUT2D eigenvalue weighted by atomic mass is 9.96. The summed E-state index contributed by atoms with van der Waals surface area (Å²) in [7, 11) is 3.26. The third-order valence-corrected chi connectivity index (χ3v) is 5.78. The number of methoxy groups -OCH3 is 1. The molecule has 1 saturated heterocycles. The van der Waals surface area contributed by atoms with Gasteiger partial charge >= 0.3 is 0 Å². The summed E-state index contributed by atoms with van der Waals surface area (Å²) < 4.78 is 6.53. The predicted octanol–water partition coefficient (Wildman–Crippen LogP) is 2.21. The van der Waals surface area contributed by atoms with Gasteiger partial charge in [-0.05, 0) is 62.4 Å². The van der Waals surface area contributed by atoms with E-state index in [2.05, 4.69) is 22.1 Å². The number of amides is 1. The predicted molar refractivity (Wildman–Crippen MR) is 117 cm³/mol. The second-order valence-corrected chi connectivity index (χ2v) is 7.93. The van der Waals surface area contributed by atoms with Crippen LogP contribution < -0.4 is 10.3 Å². The Labute approximate surface area is 178 Å². The van der Waals surface area contributed by atoms with Crippen LogP contribution in [0.4, 0.5) is 0 Å². The van der Waals surface area contributed by atoms with E-state index >= 15 is 0 Å². The maximum Gasteiger partial charge on any atom is 0.274 e. The van der Waals surface area contributed by atoms with Crippen LogP contribution in [0, 0.1) is 5.92 Å². The van der Waals surface area contributed by atoms with E-state index in [1.807, 2.05) is 24.0 Å². The Hall–Kier alpha value is -2.67. The number of rotatable bonds is 8. The van der Waals surface area contributed by atoms with Crippen molar-refractivity contribution >= 4 is 5.91 Å².